The van der Waals surface area contributed by atoms with Gasteiger partial charge in [0.25, 0.3) is 0 Å². The molecule has 1 rings (SSSR count). The second kappa shape index (κ2) is 5.82. The zero-order valence-electron chi connectivity index (χ0n) is 8.70. The zero-order chi connectivity index (χ0) is 10.4. The van der Waals surface area contributed by atoms with Crippen molar-refractivity contribution in [1.82, 2.24) is 15.1 Å². The molecule has 2 N–H and O–H groups in total. The molecular formula is C9H19N3O2. The van der Waals surface area contributed by atoms with Crippen molar-refractivity contribution in [2.75, 3.05) is 45.9 Å². The predicted molar refractivity (Wildman–Crippen MR) is 54.2 cm³/mol. The van der Waals surface area contributed by atoms with Crippen molar-refractivity contribution in [3.63, 3.8) is 0 Å². The number of aliphatic hydroxyl groups is 1. The first-order chi connectivity index (χ1) is 6.77. The van der Waals surface area contributed by atoms with Gasteiger partial charge in [-0.3, -0.25) is 4.90 Å². The van der Waals surface area contributed by atoms with E-state index in [4.69, 9.17) is 5.11 Å². The molecule has 5 nitrogen and oxygen atoms in total. The van der Waals surface area contributed by atoms with Gasteiger partial charge in [0, 0.05) is 32.7 Å². The molecule has 1 fully saturated rings. The maximum Gasteiger partial charge on any atom is 0.317 e. The van der Waals surface area contributed by atoms with Crippen LogP contribution in [-0.2, 0) is 0 Å². The van der Waals surface area contributed by atoms with Gasteiger partial charge in [0.05, 0.1) is 6.61 Å². The van der Waals surface area contributed by atoms with Gasteiger partial charge in [-0.15, -0.1) is 0 Å². The smallest absolute Gasteiger partial charge is 0.317 e. The van der Waals surface area contributed by atoms with Crippen LogP contribution in [0.1, 0.15) is 6.92 Å². The molecule has 0 bridgehead atoms. The first-order valence-electron chi connectivity index (χ1n) is 5.14. The van der Waals surface area contributed by atoms with E-state index in [2.05, 4.69) is 17.1 Å². The van der Waals surface area contributed by atoms with Crippen LogP contribution in [0, 0.1) is 0 Å². The lowest BCUT2D eigenvalue weighted by Crippen LogP contribution is -2.38. The third-order valence-corrected chi connectivity index (χ3v) is 2.49. The molecular weight excluding hydrogens is 182 g/mol. The van der Waals surface area contributed by atoms with Crippen LogP contribution in [0.15, 0.2) is 0 Å². The van der Waals surface area contributed by atoms with Crippen LogP contribution in [0.4, 0.5) is 4.79 Å². The summed E-state index contributed by atoms with van der Waals surface area (Å²) in [5, 5.41) is 11.5. The average Bonchev–Trinajstić information content (AvgIpc) is 2.59. The van der Waals surface area contributed by atoms with Gasteiger partial charge in [0.1, 0.15) is 0 Å². The molecule has 1 saturated heterocycles. The number of carbonyl (C=O) groups excluding carboxylic acids is 1. The molecule has 0 saturated carbocycles. The summed E-state index contributed by atoms with van der Waals surface area (Å²) in [6.45, 7) is 6.98. The molecule has 5 heteroatoms. The van der Waals surface area contributed by atoms with Crippen molar-refractivity contribution in [2.45, 2.75) is 6.92 Å². The number of likely N-dealkylation sites (N-methyl/N-ethyl adjacent to an activating group) is 1. The number of aliphatic hydroxyl groups excluding tert-OH is 1. The molecule has 0 aromatic carbocycles. The minimum atomic E-state index is 0.0325. The Kier molecular flexibility index (Phi) is 4.69. The molecule has 0 aromatic rings. The van der Waals surface area contributed by atoms with E-state index in [1.54, 1.807) is 4.90 Å². The van der Waals surface area contributed by atoms with Crippen molar-refractivity contribution in [2.24, 2.45) is 0 Å². The summed E-state index contributed by atoms with van der Waals surface area (Å²) in [6.07, 6.45) is 0. The van der Waals surface area contributed by atoms with E-state index in [1.165, 1.54) is 0 Å². The SMILES string of the molecule is CCN(CCO)CCN1CCNC1=O. The fraction of sp³-hybridized carbons (Fsp3) is 0.889. The number of hydrogen-bond acceptors (Lipinski definition) is 3. The van der Waals surface area contributed by atoms with E-state index < -0.39 is 0 Å². The number of hydrogen-bond donors (Lipinski definition) is 2. The van der Waals surface area contributed by atoms with Gasteiger partial charge in [-0.2, -0.15) is 0 Å². The van der Waals surface area contributed by atoms with Crippen LogP contribution >= 0.6 is 0 Å². The lowest BCUT2D eigenvalue weighted by atomic mass is 10.4. The zero-order valence-corrected chi connectivity index (χ0v) is 8.70. The number of amides is 2. The molecule has 0 unspecified atom stereocenters. The molecule has 2 amide bonds. The Hall–Kier alpha value is -0.810. The van der Waals surface area contributed by atoms with Crippen molar-refractivity contribution >= 4 is 6.03 Å². The second-order valence-electron chi connectivity index (χ2n) is 3.38. The third kappa shape index (κ3) is 3.16. The first kappa shape index (κ1) is 11.3. The Balaban J connectivity index is 2.20. The maximum atomic E-state index is 11.2. The standard InChI is InChI=1S/C9H19N3O2/c1-2-11(7-8-13)5-6-12-4-3-10-9(12)14/h13H,2-8H2,1H3,(H,10,14). The topological polar surface area (TPSA) is 55.8 Å². The van der Waals surface area contributed by atoms with Crippen molar-refractivity contribution in [3.05, 3.63) is 0 Å². The summed E-state index contributed by atoms with van der Waals surface area (Å²) in [7, 11) is 0. The highest BCUT2D eigenvalue weighted by Gasteiger charge is 2.19. The molecule has 82 valence electrons. The highest BCUT2D eigenvalue weighted by molar-refractivity contribution is 5.76. The van der Waals surface area contributed by atoms with E-state index >= 15 is 0 Å². The number of rotatable bonds is 6. The summed E-state index contributed by atoms with van der Waals surface area (Å²) < 4.78 is 0. The van der Waals surface area contributed by atoms with Crippen LogP contribution in [0.5, 0.6) is 0 Å². The van der Waals surface area contributed by atoms with E-state index in [0.717, 1.165) is 32.7 Å². The highest BCUT2D eigenvalue weighted by Crippen LogP contribution is 1.97. The number of urea groups is 1. The molecule has 14 heavy (non-hydrogen) atoms. The van der Waals surface area contributed by atoms with E-state index in [1.807, 2.05) is 0 Å². The fourth-order valence-electron chi connectivity index (χ4n) is 1.56. The molecule has 0 aliphatic carbocycles. The molecule has 1 heterocycles. The highest BCUT2D eigenvalue weighted by atomic mass is 16.3. The Morgan fingerprint density at radius 1 is 1.57 bits per heavy atom. The summed E-state index contributed by atoms with van der Waals surface area (Å²) in [4.78, 5) is 15.1. The summed E-state index contributed by atoms with van der Waals surface area (Å²) >= 11 is 0. The fourth-order valence-corrected chi connectivity index (χ4v) is 1.56. The molecule has 0 atom stereocenters. The predicted octanol–water partition coefficient (Wildman–Crippen LogP) is -0.674. The molecule has 0 radical (unpaired) electrons. The van der Waals surface area contributed by atoms with Gasteiger partial charge in [-0.05, 0) is 6.54 Å². The van der Waals surface area contributed by atoms with Crippen molar-refractivity contribution in [3.8, 4) is 0 Å². The Morgan fingerprint density at radius 3 is 2.86 bits per heavy atom. The van der Waals surface area contributed by atoms with Gasteiger partial charge in [-0.25, -0.2) is 4.79 Å². The third-order valence-electron chi connectivity index (χ3n) is 2.49. The largest absolute Gasteiger partial charge is 0.395 e. The number of nitrogens with zero attached hydrogens (tertiary/aromatic N) is 2. The molecule has 0 spiro atoms. The molecule has 1 aliphatic heterocycles. The van der Waals surface area contributed by atoms with E-state index in [-0.39, 0.29) is 12.6 Å². The first-order valence-corrected chi connectivity index (χ1v) is 5.14. The van der Waals surface area contributed by atoms with Crippen LogP contribution in [0.3, 0.4) is 0 Å². The summed E-state index contributed by atoms with van der Waals surface area (Å²) in [5.74, 6) is 0. The summed E-state index contributed by atoms with van der Waals surface area (Å²) in [6, 6.07) is 0.0325. The quantitative estimate of drug-likeness (QED) is 0.599. The minimum Gasteiger partial charge on any atom is -0.395 e. The normalized spacial score (nSPS) is 16.5. The Labute approximate surface area is 84.7 Å². The van der Waals surface area contributed by atoms with Gasteiger partial charge >= 0.3 is 6.03 Å². The Morgan fingerprint density at radius 2 is 2.36 bits per heavy atom. The van der Waals surface area contributed by atoms with Gasteiger partial charge in [0.2, 0.25) is 0 Å². The van der Waals surface area contributed by atoms with Gasteiger partial charge in [0.15, 0.2) is 0 Å². The molecule has 0 aromatic heterocycles. The number of carbonyl (C=O) groups is 1. The van der Waals surface area contributed by atoms with Gasteiger partial charge < -0.3 is 15.3 Å². The second-order valence-corrected chi connectivity index (χ2v) is 3.38. The van der Waals surface area contributed by atoms with E-state index in [0.29, 0.717) is 6.54 Å². The van der Waals surface area contributed by atoms with Crippen molar-refractivity contribution < 1.29 is 9.90 Å². The Bertz CT molecular complexity index is 187. The maximum absolute atomic E-state index is 11.2. The van der Waals surface area contributed by atoms with Crippen LogP contribution in [0.2, 0.25) is 0 Å². The lowest BCUT2D eigenvalue weighted by Gasteiger charge is -2.22. The van der Waals surface area contributed by atoms with Gasteiger partial charge in [-0.1, -0.05) is 6.92 Å². The monoisotopic (exact) mass is 201 g/mol. The van der Waals surface area contributed by atoms with Crippen LogP contribution < -0.4 is 5.32 Å². The lowest BCUT2D eigenvalue weighted by molar-refractivity contribution is 0.180. The average molecular weight is 201 g/mol. The van der Waals surface area contributed by atoms with E-state index in [9.17, 15) is 4.79 Å². The number of nitrogens with one attached hydrogen (secondary N) is 1. The summed E-state index contributed by atoms with van der Waals surface area (Å²) in [5.41, 5.74) is 0. The minimum absolute atomic E-state index is 0.0325. The molecule has 1 aliphatic rings. The van der Waals surface area contributed by atoms with Crippen molar-refractivity contribution in [1.29, 1.82) is 0 Å². The van der Waals surface area contributed by atoms with Crippen LogP contribution in [-0.4, -0.2) is 66.8 Å². The van der Waals surface area contributed by atoms with Crippen LogP contribution in [0.25, 0.3) is 0 Å².